The number of nitrogens with one attached hydrogen (secondary N) is 1. The molecule has 4 heteroatoms. The zero-order valence-corrected chi connectivity index (χ0v) is 12.5. The molecule has 1 aromatic carbocycles. The second kappa shape index (κ2) is 6.42. The molecule has 0 radical (unpaired) electrons. The van der Waals surface area contributed by atoms with E-state index in [4.69, 9.17) is 0 Å². The van der Waals surface area contributed by atoms with Crippen molar-refractivity contribution < 1.29 is 5.11 Å². The molecule has 3 nitrogen and oxygen atoms in total. The van der Waals surface area contributed by atoms with Crippen LogP contribution in [0.2, 0.25) is 0 Å². The zero-order chi connectivity index (χ0) is 13.2. The molecule has 0 saturated carbocycles. The van der Waals surface area contributed by atoms with E-state index in [2.05, 4.69) is 23.3 Å². The molecule has 1 saturated heterocycles. The van der Waals surface area contributed by atoms with Crippen LogP contribution in [-0.4, -0.2) is 23.2 Å². The Bertz CT molecular complexity index is 592. The lowest BCUT2D eigenvalue weighted by molar-refractivity contribution is 0.476. The number of pyridine rings is 1. The fourth-order valence-corrected chi connectivity index (χ4v) is 3.01. The van der Waals surface area contributed by atoms with Gasteiger partial charge >= 0.3 is 0 Å². The third-order valence-electron chi connectivity index (χ3n) is 4.05. The Balaban J connectivity index is 0.00000147. The number of hydrogen-bond donors (Lipinski definition) is 2. The summed E-state index contributed by atoms with van der Waals surface area (Å²) in [6.07, 6.45) is 3.66. The van der Waals surface area contributed by atoms with Gasteiger partial charge in [0.15, 0.2) is 0 Å². The summed E-state index contributed by atoms with van der Waals surface area (Å²) in [6.45, 7) is 4.30. The van der Waals surface area contributed by atoms with E-state index in [-0.39, 0.29) is 18.2 Å². The minimum Gasteiger partial charge on any atom is -0.508 e. The topological polar surface area (TPSA) is 45.2 Å². The van der Waals surface area contributed by atoms with Crippen LogP contribution in [-0.2, 0) is 0 Å². The molecule has 3 rings (SSSR count). The first-order valence-electron chi connectivity index (χ1n) is 7.05. The van der Waals surface area contributed by atoms with Crippen LogP contribution >= 0.6 is 12.4 Å². The first-order valence-corrected chi connectivity index (χ1v) is 7.05. The molecule has 0 aliphatic carbocycles. The van der Waals surface area contributed by atoms with Crippen LogP contribution in [0.3, 0.4) is 0 Å². The molecule has 1 unspecified atom stereocenters. The molecule has 2 N–H and O–H groups in total. The molecular weight excluding hydrogens is 272 g/mol. The maximum Gasteiger partial charge on any atom is 0.117 e. The molecule has 1 aliphatic rings. The number of fused-ring (bicyclic) bond motifs is 1. The lowest BCUT2D eigenvalue weighted by atomic mass is 9.90. The van der Waals surface area contributed by atoms with Crippen LogP contribution in [0.5, 0.6) is 5.75 Å². The summed E-state index contributed by atoms with van der Waals surface area (Å²) in [5.41, 5.74) is 3.36. The van der Waals surface area contributed by atoms with E-state index in [1.165, 1.54) is 24.8 Å². The minimum atomic E-state index is 0. The summed E-state index contributed by atoms with van der Waals surface area (Å²) in [5.74, 6) is 0.895. The van der Waals surface area contributed by atoms with E-state index >= 15 is 0 Å². The van der Waals surface area contributed by atoms with Gasteiger partial charge in [0.2, 0.25) is 0 Å². The van der Waals surface area contributed by atoms with Crippen molar-refractivity contribution >= 4 is 23.3 Å². The first kappa shape index (κ1) is 15.1. The number of nitrogens with zero attached hydrogens (tertiary/aromatic N) is 1. The van der Waals surface area contributed by atoms with Crippen molar-refractivity contribution in [3.63, 3.8) is 0 Å². The van der Waals surface area contributed by atoms with E-state index in [9.17, 15) is 5.11 Å². The molecule has 108 valence electrons. The van der Waals surface area contributed by atoms with Gasteiger partial charge in [-0.25, -0.2) is 0 Å². The lowest BCUT2D eigenvalue weighted by Gasteiger charge is -2.17. The number of aromatic nitrogens is 1. The maximum absolute atomic E-state index is 9.53. The molecular formula is C16H21ClN2O. The maximum atomic E-state index is 9.53. The predicted molar refractivity (Wildman–Crippen MR) is 84.9 cm³/mol. The fourth-order valence-electron chi connectivity index (χ4n) is 3.01. The number of rotatable bonds is 1. The highest BCUT2D eigenvalue weighted by atomic mass is 35.5. The standard InChI is InChI=1S/C16H20N2O.ClH/c1-11-15(12-3-2-7-17-8-6-12)9-13-4-5-14(19)10-16(13)18-11;/h4-5,9-10,12,17,19H,2-3,6-8H2,1H3;1H. The number of aromatic hydroxyl groups is 1. The van der Waals surface area contributed by atoms with E-state index in [0.717, 1.165) is 29.7 Å². The third kappa shape index (κ3) is 3.05. The molecule has 2 heterocycles. The predicted octanol–water partition coefficient (Wildman–Crippen LogP) is 3.53. The molecule has 0 spiro atoms. The number of phenolic OH excluding ortho intramolecular Hbond substituents is 1. The number of aryl methyl sites for hydroxylation is 1. The van der Waals surface area contributed by atoms with Gasteiger partial charge in [-0.2, -0.15) is 0 Å². The Morgan fingerprint density at radius 1 is 1.20 bits per heavy atom. The Labute approximate surface area is 125 Å². The van der Waals surface area contributed by atoms with E-state index in [1.807, 2.05) is 6.07 Å². The van der Waals surface area contributed by atoms with Crippen LogP contribution in [0.15, 0.2) is 24.3 Å². The van der Waals surface area contributed by atoms with Gasteiger partial charge < -0.3 is 10.4 Å². The average Bonchev–Trinajstić information content (AvgIpc) is 2.66. The summed E-state index contributed by atoms with van der Waals surface area (Å²) >= 11 is 0. The second-order valence-electron chi connectivity index (χ2n) is 5.42. The largest absolute Gasteiger partial charge is 0.508 e. The van der Waals surface area contributed by atoms with E-state index < -0.39 is 0 Å². The third-order valence-corrected chi connectivity index (χ3v) is 4.05. The van der Waals surface area contributed by atoms with E-state index in [0.29, 0.717) is 5.92 Å². The first-order chi connectivity index (χ1) is 9.24. The van der Waals surface area contributed by atoms with E-state index in [1.54, 1.807) is 12.1 Å². The summed E-state index contributed by atoms with van der Waals surface area (Å²) in [7, 11) is 0. The summed E-state index contributed by atoms with van der Waals surface area (Å²) in [6, 6.07) is 7.68. The van der Waals surface area contributed by atoms with Gasteiger partial charge in [0.1, 0.15) is 5.75 Å². The molecule has 1 aliphatic heterocycles. The number of phenols is 1. The highest BCUT2D eigenvalue weighted by molar-refractivity contribution is 5.85. The molecule has 20 heavy (non-hydrogen) atoms. The monoisotopic (exact) mass is 292 g/mol. The Morgan fingerprint density at radius 2 is 2.05 bits per heavy atom. The highest BCUT2D eigenvalue weighted by Crippen LogP contribution is 2.31. The van der Waals surface area contributed by atoms with Crippen molar-refractivity contribution in [2.45, 2.75) is 32.1 Å². The van der Waals surface area contributed by atoms with Gasteiger partial charge in [-0.1, -0.05) is 0 Å². The van der Waals surface area contributed by atoms with Gasteiger partial charge in [-0.3, -0.25) is 4.98 Å². The number of hydrogen-bond acceptors (Lipinski definition) is 3. The molecule has 2 aromatic rings. The number of halogens is 1. The van der Waals surface area contributed by atoms with Crippen molar-refractivity contribution in [3.8, 4) is 5.75 Å². The summed E-state index contributed by atoms with van der Waals surface area (Å²) in [4.78, 5) is 4.66. The van der Waals surface area contributed by atoms with Crippen molar-refractivity contribution in [3.05, 3.63) is 35.5 Å². The zero-order valence-electron chi connectivity index (χ0n) is 11.7. The normalized spacial score (nSPS) is 19.4. The number of benzene rings is 1. The highest BCUT2D eigenvalue weighted by Gasteiger charge is 2.17. The fraction of sp³-hybridized carbons (Fsp3) is 0.438. The van der Waals surface area contributed by atoms with Gasteiger partial charge in [-0.15, -0.1) is 12.4 Å². The van der Waals surface area contributed by atoms with Crippen LogP contribution in [0.1, 0.15) is 36.4 Å². The van der Waals surface area contributed by atoms with Gasteiger partial charge in [-0.05, 0) is 69.0 Å². The Morgan fingerprint density at radius 3 is 2.90 bits per heavy atom. The van der Waals surface area contributed by atoms with Crippen molar-refractivity contribution in [1.82, 2.24) is 10.3 Å². The van der Waals surface area contributed by atoms with Crippen LogP contribution < -0.4 is 5.32 Å². The second-order valence-corrected chi connectivity index (χ2v) is 5.42. The van der Waals surface area contributed by atoms with Crippen LogP contribution in [0.25, 0.3) is 10.9 Å². The van der Waals surface area contributed by atoms with Crippen molar-refractivity contribution in [2.75, 3.05) is 13.1 Å². The minimum absolute atomic E-state index is 0. The Kier molecular flexibility index (Phi) is 4.84. The van der Waals surface area contributed by atoms with Crippen molar-refractivity contribution in [2.24, 2.45) is 0 Å². The summed E-state index contributed by atoms with van der Waals surface area (Å²) < 4.78 is 0. The quantitative estimate of drug-likeness (QED) is 0.845. The molecule has 0 bridgehead atoms. The van der Waals surface area contributed by atoms with Crippen LogP contribution in [0.4, 0.5) is 0 Å². The Hall–Kier alpha value is -1.32. The van der Waals surface area contributed by atoms with Crippen molar-refractivity contribution in [1.29, 1.82) is 0 Å². The smallest absolute Gasteiger partial charge is 0.117 e. The van der Waals surface area contributed by atoms with Gasteiger partial charge in [0, 0.05) is 17.1 Å². The lowest BCUT2D eigenvalue weighted by Crippen LogP contribution is -2.14. The van der Waals surface area contributed by atoms with Crippen LogP contribution in [0, 0.1) is 6.92 Å². The molecule has 1 fully saturated rings. The average molecular weight is 293 g/mol. The molecule has 0 amide bonds. The molecule has 1 atom stereocenters. The summed E-state index contributed by atoms with van der Waals surface area (Å²) in [5, 5.41) is 14.1. The van der Waals surface area contributed by atoms with Gasteiger partial charge in [0.05, 0.1) is 5.52 Å². The SMILES string of the molecule is Cc1nc2cc(O)ccc2cc1C1CCCNCC1.Cl. The van der Waals surface area contributed by atoms with Gasteiger partial charge in [0.25, 0.3) is 0 Å². The molecule has 1 aromatic heterocycles.